The van der Waals surface area contributed by atoms with Crippen molar-refractivity contribution in [2.24, 2.45) is 0 Å². The van der Waals surface area contributed by atoms with E-state index in [9.17, 15) is 0 Å². The monoisotopic (exact) mass is 227 g/mol. The minimum Gasteiger partial charge on any atom is -0.359 e. The minimum atomic E-state index is 0.920. The number of piperazine rings is 1. The SMILES string of the molecule is CN1CCN(CCNc2nncs2)CC1. The molecule has 0 atom stereocenters. The molecule has 2 rings (SSSR count). The largest absolute Gasteiger partial charge is 0.359 e. The molecule has 0 aromatic carbocycles. The molecule has 6 heteroatoms. The highest BCUT2D eigenvalue weighted by Crippen LogP contribution is 2.07. The van der Waals surface area contributed by atoms with Gasteiger partial charge in [-0.15, -0.1) is 10.2 Å². The van der Waals surface area contributed by atoms with Crippen LogP contribution in [0.5, 0.6) is 0 Å². The van der Waals surface area contributed by atoms with Crippen LogP contribution in [-0.4, -0.2) is 66.3 Å². The maximum absolute atomic E-state index is 3.94. The summed E-state index contributed by atoms with van der Waals surface area (Å²) in [5.41, 5.74) is 1.75. The third-order valence-corrected chi connectivity index (χ3v) is 3.31. The molecule has 0 amide bonds. The lowest BCUT2D eigenvalue weighted by Gasteiger charge is -2.32. The fourth-order valence-corrected chi connectivity index (χ4v) is 2.12. The second kappa shape index (κ2) is 5.39. The van der Waals surface area contributed by atoms with Gasteiger partial charge in [-0.05, 0) is 7.05 Å². The number of nitrogens with zero attached hydrogens (tertiary/aromatic N) is 4. The summed E-state index contributed by atoms with van der Waals surface area (Å²) in [4.78, 5) is 4.85. The van der Waals surface area contributed by atoms with Gasteiger partial charge in [-0.25, -0.2) is 0 Å². The number of hydrogen-bond donors (Lipinski definition) is 1. The minimum absolute atomic E-state index is 0.920. The number of likely N-dealkylation sites (N-methyl/N-ethyl adjacent to an activating group) is 1. The van der Waals surface area contributed by atoms with Crippen molar-refractivity contribution in [2.75, 3.05) is 51.6 Å². The van der Waals surface area contributed by atoms with Crippen molar-refractivity contribution < 1.29 is 0 Å². The Labute approximate surface area is 94.1 Å². The van der Waals surface area contributed by atoms with Crippen LogP contribution in [0.2, 0.25) is 0 Å². The molecule has 0 unspecified atom stereocenters. The van der Waals surface area contributed by atoms with Crippen LogP contribution in [0.15, 0.2) is 5.51 Å². The molecule has 2 heterocycles. The molecule has 1 N–H and O–H groups in total. The second-order valence-corrected chi connectivity index (χ2v) is 4.65. The van der Waals surface area contributed by atoms with E-state index in [0.717, 1.165) is 18.2 Å². The fraction of sp³-hybridized carbons (Fsp3) is 0.778. The third kappa shape index (κ3) is 3.40. The summed E-state index contributed by atoms with van der Waals surface area (Å²) in [7, 11) is 2.18. The summed E-state index contributed by atoms with van der Waals surface area (Å²) in [5.74, 6) is 0. The summed E-state index contributed by atoms with van der Waals surface area (Å²) in [6.45, 7) is 6.76. The Balaban J connectivity index is 1.62. The van der Waals surface area contributed by atoms with Crippen molar-refractivity contribution >= 4 is 16.5 Å². The lowest BCUT2D eigenvalue weighted by Crippen LogP contribution is -2.45. The van der Waals surface area contributed by atoms with Crippen molar-refractivity contribution in [3.05, 3.63) is 5.51 Å². The van der Waals surface area contributed by atoms with Crippen molar-refractivity contribution in [3.8, 4) is 0 Å². The van der Waals surface area contributed by atoms with E-state index in [2.05, 4.69) is 32.4 Å². The average molecular weight is 227 g/mol. The maximum Gasteiger partial charge on any atom is 0.205 e. The van der Waals surface area contributed by atoms with Crippen LogP contribution in [0, 0.1) is 0 Å². The molecule has 0 saturated carbocycles. The van der Waals surface area contributed by atoms with Crippen molar-refractivity contribution in [2.45, 2.75) is 0 Å². The van der Waals surface area contributed by atoms with Gasteiger partial charge in [0.15, 0.2) is 0 Å². The molecule has 1 saturated heterocycles. The molecule has 1 aromatic rings. The first-order valence-corrected chi connectivity index (χ1v) is 6.13. The van der Waals surface area contributed by atoms with Gasteiger partial charge in [0.05, 0.1) is 0 Å². The van der Waals surface area contributed by atoms with E-state index in [1.54, 1.807) is 16.8 Å². The summed E-state index contributed by atoms with van der Waals surface area (Å²) in [5, 5.41) is 11.9. The highest BCUT2D eigenvalue weighted by molar-refractivity contribution is 7.13. The Morgan fingerprint density at radius 1 is 1.40 bits per heavy atom. The van der Waals surface area contributed by atoms with Crippen molar-refractivity contribution in [1.82, 2.24) is 20.0 Å². The Morgan fingerprint density at radius 2 is 2.20 bits per heavy atom. The molecule has 1 aliphatic heterocycles. The molecule has 15 heavy (non-hydrogen) atoms. The Kier molecular flexibility index (Phi) is 3.87. The van der Waals surface area contributed by atoms with Crippen LogP contribution in [0.3, 0.4) is 0 Å². The van der Waals surface area contributed by atoms with Crippen LogP contribution in [0.25, 0.3) is 0 Å². The van der Waals surface area contributed by atoms with Crippen molar-refractivity contribution in [1.29, 1.82) is 0 Å². The summed E-state index contributed by atoms with van der Waals surface area (Å²) in [6.07, 6.45) is 0. The summed E-state index contributed by atoms with van der Waals surface area (Å²) in [6, 6.07) is 0. The molecule has 1 fully saturated rings. The van der Waals surface area contributed by atoms with Crippen molar-refractivity contribution in [3.63, 3.8) is 0 Å². The first-order valence-electron chi connectivity index (χ1n) is 5.25. The normalized spacial score (nSPS) is 19.3. The van der Waals surface area contributed by atoms with Gasteiger partial charge in [-0.3, -0.25) is 4.90 Å². The zero-order valence-corrected chi connectivity index (χ0v) is 9.83. The van der Waals surface area contributed by atoms with Gasteiger partial charge in [0.2, 0.25) is 5.13 Å². The van der Waals surface area contributed by atoms with E-state index >= 15 is 0 Å². The molecular weight excluding hydrogens is 210 g/mol. The van der Waals surface area contributed by atoms with Gasteiger partial charge in [0.1, 0.15) is 5.51 Å². The smallest absolute Gasteiger partial charge is 0.205 e. The van der Waals surface area contributed by atoms with E-state index in [-0.39, 0.29) is 0 Å². The topological polar surface area (TPSA) is 44.3 Å². The van der Waals surface area contributed by atoms with Crippen LogP contribution < -0.4 is 5.32 Å². The zero-order valence-electron chi connectivity index (χ0n) is 9.02. The lowest BCUT2D eigenvalue weighted by molar-refractivity contribution is 0.158. The highest BCUT2D eigenvalue weighted by Gasteiger charge is 2.12. The van der Waals surface area contributed by atoms with E-state index in [1.807, 2.05) is 0 Å². The van der Waals surface area contributed by atoms with Gasteiger partial charge >= 0.3 is 0 Å². The van der Waals surface area contributed by atoms with Crippen LogP contribution in [0.4, 0.5) is 5.13 Å². The lowest BCUT2D eigenvalue weighted by atomic mass is 10.3. The predicted octanol–water partition coefficient (Wildman–Crippen LogP) is 0.197. The second-order valence-electron chi connectivity index (χ2n) is 3.82. The maximum atomic E-state index is 3.94. The predicted molar refractivity (Wildman–Crippen MR) is 62.3 cm³/mol. The van der Waals surface area contributed by atoms with E-state index < -0.39 is 0 Å². The molecule has 0 aliphatic carbocycles. The number of nitrogens with one attached hydrogen (secondary N) is 1. The standard InChI is InChI=1S/C9H17N5S/c1-13-4-6-14(7-5-13)3-2-10-9-12-11-8-15-9/h8H,2-7H2,1H3,(H,10,12). The van der Waals surface area contributed by atoms with Gasteiger partial charge < -0.3 is 10.2 Å². The molecule has 0 radical (unpaired) electrons. The van der Waals surface area contributed by atoms with Crippen LogP contribution >= 0.6 is 11.3 Å². The molecule has 0 bridgehead atoms. The quantitative estimate of drug-likeness (QED) is 0.796. The van der Waals surface area contributed by atoms with Gasteiger partial charge in [-0.1, -0.05) is 11.3 Å². The number of anilines is 1. The first-order chi connectivity index (χ1) is 7.34. The third-order valence-electron chi connectivity index (χ3n) is 2.66. The number of aromatic nitrogens is 2. The van der Waals surface area contributed by atoms with E-state index in [1.165, 1.54) is 26.2 Å². The Hall–Kier alpha value is -0.720. The van der Waals surface area contributed by atoms with E-state index in [0.29, 0.717) is 0 Å². The average Bonchev–Trinajstić information content (AvgIpc) is 2.74. The Bertz CT molecular complexity index is 268. The molecule has 0 spiro atoms. The zero-order chi connectivity index (χ0) is 10.5. The fourth-order valence-electron chi connectivity index (χ4n) is 1.64. The van der Waals surface area contributed by atoms with Crippen LogP contribution in [-0.2, 0) is 0 Å². The molecule has 1 aromatic heterocycles. The number of rotatable bonds is 4. The molecule has 84 valence electrons. The van der Waals surface area contributed by atoms with Crippen LogP contribution in [0.1, 0.15) is 0 Å². The highest BCUT2D eigenvalue weighted by atomic mass is 32.1. The summed E-state index contributed by atoms with van der Waals surface area (Å²) >= 11 is 1.55. The van der Waals surface area contributed by atoms with Gasteiger partial charge in [0.25, 0.3) is 0 Å². The molecule has 5 nitrogen and oxygen atoms in total. The first kappa shape index (κ1) is 10.8. The Morgan fingerprint density at radius 3 is 2.87 bits per heavy atom. The number of hydrogen-bond acceptors (Lipinski definition) is 6. The molecule has 1 aliphatic rings. The van der Waals surface area contributed by atoms with Gasteiger partial charge in [0, 0.05) is 39.3 Å². The molecular formula is C9H17N5S. The van der Waals surface area contributed by atoms with E-state index in [4.69, 9.17) is 0 Å². The van der Waals surface area contributed by atoms with Gasteiger partial charge in [-0.2, -0.15) is 0 Å². The summed E-state index contributed by atoms with van der Waals surface area (Å²) < 4.78 is 0.